The van der Waals surface area contributed by atoms with Gasteiger partial charge in [-0.3, -0.25) is 0 Å². The van der Waals surface area contributed by atoms with Gasteiger partial charge in [0, 0.05) is 22.7 Å². The van der Waals surface area contributed by atoms with Gasteiger partial charge >= 0.3 is 12.4 Å². The molecule has 0 heterocycles. The molecule has 0 aromatic heterocycles. The van der Waals surface area contributed by atoms with Gasteiger partial charge in [-0.15, -0.1) is 0 Å². The molecule has 35 heavy (non-hydrogen) atoms. The van der Waals surface area contributed by atoms with Gasteiger partial charge in [0.1, 0.15) is 0 Å². The SMILES string of the molecule is FC(F)(F)C(c1ccc(Nc2ccccc2)cc1)(c1ccc(Nc2ccccc2)cc1)C(F)(F)F. The number of nitrogens with one attached hydrogen (secondary N) is 2. The van der Waals surface area contributed by atoms with Crippen LogP contribution in [0.3, 0.4) is 0 Å². The van der Waals surface area contributed by atoms with Crippen LogP contribution in [0.2, 0.25) is 0 Å². The number of para-hydroxylation sites is 2. The second-order valence-corrected chi connectivity index (χ2v) is 7.88. The second-order valence-electron chi connectivity index (χ2n) is 7.88. The lowest BCUT2D eigenvalue weighted by atomic mass is 9.73. The van der Waals surface area contributed by atoms with Crippen molar-refractivity contribution in [3.63, 3.8) is 0 Å². The summed E-state index contributed by atoms with van der Waals surface area (Å²) in [7, 11) is 0. The van der Waals surface area contributed by atoms with Crippen molar-refractivity contribution in [2.75, 3.05) is 10.6 Å². The minimum absolute atomic E-state index is 0.362. The third-order valence-corrected chi connectivity index (χ3v) is 5.61. The fourth-order valence-electron chi connectivity index (χ4n) is 3.97. The third-order valence-electron chi connectivity index (χ3n) is 5.61. The summed E-state index contributed by atoms with van der Waals surface area (Å²) in [5.74, 6) is 0. The molecule has 8 heteroatoms. The highest BCUT2D eigenvalue weighted by molar-refractivity contribution is 5.62. The topological polar surface area (TPSA) is 24.1 Å². The number of rotatable bonds is 6. The highest BCUT2D eigenvalue weighted by Gasteiger charge is 2.72. The molecular formula is C27H20F6N2. The summed E-state index contributed by atoms with van der Waals surface area (Å²) in [6.07, 6.45) is -11.3. The van der Waals surface area contributed by atoms with E-state index < -0.39 is 28.9 Å². The van der Waals surface area contributed by atoms with E-state index in [9.17, 15) is 26.3 Å². The van der Waals surface area contributed by atoms with E-state index >= 15 is 0 Å². The second kappa shape index (κ2) is 9.37. The Morgan fingerprint density at radius 1 is 0.371 bits per heavy atom. The van der Waals surface area contributed by atoms with Crippen LogP contribution in [0.5, 0.6) is 0 Å². The Morgan fingerprint density at radius 3 is 0.943 bits per heavy atom. The number of benzene rings is 4. The lowest BCUT2D eigenvalue weighted by Gasteiger charge is -2.38. The number of anilines is 4. The van der Waals surface area contributed by atoms with Gasteiger partial charge < -0.3 is 10.6 Å². The molecule has 4 aromatic rings. The van der Waals surface area contributed by atoms with Gasteiger partial charge in [-0.05, 0) is 59.7 Å². The Hall–Kier alpha value is -3.94. The van der Waals surface area contributed by atoms with Crippen LogP contribution in [0.4, 0.5) is 49.1 Å². The van der Waals surface area contributed by atoms with Crippen molar-refractivity contribution in [1.29, 1.82) is 0 Å². The Kier molecular flexibility index (Phi) is 6.47. The smallest absolute Gasteiger partial charge is 0.356 e. The van der Waals surface area contributed by atoms with Gasteiger partial charge in [-0.2, -0.15) is 26.3 Å². The molecule has 0 atom stereocenters. The van der Waals surface area contributed by atoms with Crippen LogP contribution in [-0.2, 0) is 5.41 Å². The zero-order valence-electron chi connectivity index (χ0n) is 18.2. The van der Waals surface area contributed by atoms with E-state index in [2.05, 4.69) is 10.6 Å². The van der Waals surface area contributed by atoms with Gasteiger partial charge in [0.25, 0.3) is 0 Å². The fraction of sp³-hybridized carbons (Fsp3) is 0.111. The van der Waals surface area contributed by atoms with Crippen LogP contribution in [0, 0.1) is 0 Å². The van der Waals surface area contributed by atoms with E-state index in [0.717, 1.165) is 24.3 Å². The molecule has 0 aliphatic rings. The van der Waals surface area contributed by atoms with Crippen molar-refractivity contribution in [1.82, 2.24) is 0 Å². The molecule has 0 bridgehead atoms. The third kappa shape index (κ3) is 4.82. The minimum atomic E-state index is -5.64. The highest BCUT2D eigenvalue weighted by Crippen LogP contribution is 2.56. The molecule has 0 aliphatic heterocycles. The summed E-state index contributed by atoms with van der Waals surface area (Å²) in [4.78, 5) is 0. The van der Waals surface area contributed by atoms with E-state index in [1.54, 1.807) is 60.7 Å². The van der Waals surface area contributed by atoms with E-state index in [-0.39, 0.29) is 0 Å². The average Bonchev–Trinajstić information content (AvgIpc) is 2.81. The Labute approximate surface area is 198 Å². The van der Waals surface area contributed by atoms with Crippen molar-refractivity contribution in [3.8, 4) is 0 Å². The summed E-state index contributed by atoms with van der Waals surface area (Å²) in [5.41, 5.74) is -4.00. The summed E-state index contributed by atoms with van der Waals surface area (Å²) < 4.78 is 86.3. The van der Waals surface area contributed by atoms with Crippen LogP contribution in [0.25, 0.3) is 0 Å². The zero-order valence-corrected chi connectivity index (χ0v) is 18.2. The van der Waals surface area contributed by atoms with E-state index in [0.29, 0.717) is 22.7 Å². The molecule has 2 nitrogen and oxygen atoms in total. The Balaban J connectivity index is 1.74. The predicted molar refractivity (Wildman–Crippen MR) is 125 cm³/mol. The van der Waals surface area contributed by atoms with Crippen LogP contribution in [-0.4, -0.2) is 12.4 Å². The molecule has 0 saturated carbocycles. The minimum Gasteiger partial charge on any atom is -0.356 e. The normalized spacial score (nSPS) is 12.3. The van der Waals surface area contributed by atoms with Crippen LogP contribution < -0.4 is 10.6 Å². The lowest BCUT2D eigenvalue weighted by Crippen LogP contribution is -2.54. The molecule has 0 aliphatic carbocycles. The molecular weight excluding hydrogens is 466 g/mol. The van der Waals surface area contributed by atoms with Gasteiger partial charge in [-0.1, -0.05) is 60.7 Å². The molecule has 0 spiro atoms. The monoisotopic (exact) mass is 486 g/mol. The first kappa shape index (κ1) is 24.2. The van der Waals surface area contributed by atoms with Crippen molar-refractivity contribution in [2.45, 2.75) is 17.8 Å². The summed E-state index contributed by atoms with van der Waals surface area (Å²) in [6, 6.07) is 25.8. The number of halogens is 6. The number of alkyl halides is 6. The van der Waals surface area contributed by atoms with Crippen LogP contribution in [0.15, 0.2) is 109 Å². The molecule has 0 saturated heterocycles. The molecule has 0 unspecified atom stereocenters. The van der Waals surface area contributed by atoms with Crippen LogP contribution in [0.1, 0.15) is 11.1 Å². The maximum absolute atomic E-state index is 14.4. The molecule has 4 rings (SSSR count). The first-order valence-electron chi connectivity index (χ1n) is 10.6. The van der Waals surface area contributed by atoms with Gasteiger partial charge in [0.2, 0.25) is 5.41 Å². The van der Waals surface area contributed by atoms with Crippen molar-refractivity contribution < 1.29 is 26.3 Å². The average molecular weight is 486 g/mol. The highest BCUT2D eigenvalue weighted by atomic mass is 19.4. The van der Waals surface area contributed by atoms with E-state index in [1.165, 1.54) is 24.3 Å². The molecule has 180 valence electrons. The Bertz CT molecular complexity index is 1130. The number of hydrogen-bond acceptors (Lipinski definition) is 2. The van der Waals surface area contributed by atoms with Crippen LogP contribution >= 0.6 is 0 Å². The summed E-state index contributed by atoms with van der Waals surface area (Å²) >= 11 is 0. The molecule has 0 fully saturated rings. The van der Waals surface area contributed by atoms with Crippen molar-refractivity contribution in [3.05, 3.63) is 120 Å². The Morgan fingerprint density at radius 2 is 0.657 bits per heavy atom. The van der Waals surface area contributed by atoms with Crippen molar-refractivity contribution in [2.24, 2.45) is 0 Å². The molecule has 2 N–H and O–H groups in total. The van der Waals surface area contributed by atoms with E-state index in [4.69, 9.17) is 0 Å². The number of hydrogen-bond donors (Lipinski definition) is 2. The fourth-order valence-corrected chi connectivity index (χ4v) is 3.97. The molecule has 0 amide bonds. The molecule has 0 radical (unpaired) electrons. The lowest BCUT2D eigenvalue weighted by molar-refractivity contribution is -0.288. The summed E-state index contributed by atoms with van der Waals surface area (Å²) in [5, 5.41) is 5.92. The summed E-state index contributed by atoms with van der Waals surface area (Å²) in [6.45, 7) is 0. The first-order valence-corrected chi connectivity index (χ1v) is 10.6. The largest absolute Gasteiger partial charge is 0.411 e. The van der Waals surface area contributed by atoms with Crippen molar-refractivity contribution >= 4 is 22.7 Å². The first-order chi connectivity index (χ1) is 16.6. The van der Waals surface area contributed by atoms with Gasteiger partial charge in [0.15, 0.2) is 0 Å². The maximum Gasteiger partial charge on any atom is 0.411 e. The zero-order chi connectivity index (χ0) is 25.1. The molecule has 4 aromatic carbocycles. The quantitative estimate of drug-likeness (QED) is 0.267. The van der Waals surface area contributed by atoms with Gasteiger partial charge in [0.05, 0.1) is 0 Å². The standard InChI is InChI=1S/C27H20F6N2/c28-26(29,30)25(27(31,32)33,19-11-15-23(16-12-19)34-21-7-3-1-4-8-21)20-13-17-24(18-14-20)35-22-9-5-2-6-10-22/h1-18,34-35H. The maximum atomic E-state index is 14.4. The van der Waals surface area contributed by atoms with E-state index in [1.807, 2.05) is 0 Å². The predicted octanol–water partition coefficient (Wildman–Crippen LogP) is 8.58. The van der Waals surface area contributed by atoms with Gasteiger partial charge in [-0.25, -0.2) is 0 Å².